The van der Waals surface area contributed by atoms with Crippen molar-refractivity contribution in [3.63, 3.8) is 0 Å². The quantitative estimate of drug-likeness (QED) is 0.231. The molecule has 0 spiro atoms. The van der Waals surface area contributed by atoms with Crippen LogP contribution in [0.25, 0.3) is 5.65 Å². The highest BCUT2D eigenvalue weighted by Crippen LogP contribution is 2.32. The lowest BCUT2D eigenvalue weighted by Crippen LogP contribution is -2.55. The van der Waals surface area contributed by atoms with Crippen LogP contribution in [0.5, 0.6) is 0 Å². The van der Waals surface area contributed by atoms with Gasteiger partial charge in [-0.25, -0.2) is 19.3 Å². The zero-order chi connectivity index (χ0) is 27.1. The molecule has 1 fully saturated rings. The fraction of sp³-hybridized carbons (Fsp3) is 0.417. The van der Waals surface area contributed by atoms with Gasteiger partial charge in [0.1, 0.15) is 24.0 Å². The fourth-order valence-electron chi connectivity index (χ4n) is 4.20. The van der Waals surface area contributed by atoms with Crippen LogP contribution in [0.2, 0.25) is 0 Å². The standard InChI is InChI=1S/C24H27F4N9S.2H2/c1-15-10-19(34-33-15)30-18-11-21(35-6-8-37(9-7-35)23(2,3)14-25)32-22(31-18)38-16-4-5-20-29-17(24(26,27)28)13-36(20)12-16;;/h4-5,10-13H,6-9,14H2,1-3H3,(H2,30,31,32,33,34);2*1H. The van der Waals surface area contributed by atoms with E-state index in [0.29, 0.717) is 53.7 Å². The summed E-state index contributed by atoms with van der Waals surface area (Å²) in [6.45, 7) is 7.94. The van der Waals surface area contributed by atoms with Gasteiger partial charge in [0.2, 0.25) is 0 Å². The van der Waals surface area contributed by atoms with Crippen LogP contribution in [0.15, 0.2) is 46.7 Å². The van der Waals surface area contributed by atoms with Gasteiger partial charge in [-0.15, -0.1) is 0 Å². The Hall–Kier alpha value is -3.39. The van der Waals surface area contributed by atoms with Crippen LogP contribution < -0.4 is 10.2 Å². The Morgan fingerprint density at radius 2 is 1.79 bits per heavy atom. The number of nitrogens with zero attached hydrogens (tertiary/aromatic N) is 7. The number of imidazole rings is 1. The number of hydrogen-bond donors (Lipinski definition) is 2. The van der Waals surface area contributed by atoms with Crippen LogP contribution in [-0.4, -0.2) is 72.8 Å². The van der Waals surface area contributed by atoms with Crippen molar-refractivity contribution in [2.75, 3.05) is 43.1 Å². The number of nitrogens with one attached hydrogen (secondary N) is 2. The van der Waals surface area contributed by atoms with E-state index in [4.69, 9.17) is 4.98 Å². The number of fused-ring (bicyclic) bond motifs is 1. The van der Waals surface area contributed by atoms with Crippen molar-refractivity contribution in [3.8, 4) is 0 Å². The summed E-state index contributed by atoms with van der Waals surface area (Å²) in [4.78, 5) is 17.9. The van der Waals surface area contributed by atoms with Crippen molar-refractivity contribution in [1.82, 2.24) is 34.4 Å². The van der Waals surface area contributed by atoms with Crippen LogP contribution in [0.1, 0.15) is 28.1 Å². The molecule has 1 saturated heterocycles. The van der Waals surface area contributed by atoms with Gasteiger partial charge in [-0.1, -0.05) is 0 Å². The fourth-order valence-corrected chi connectivity index (χ4v) is 4.99. The van der Waals surface area contributed by atoms with Gasteiger partial charge < -0.3 is 14.6 Å². The van der Waals surface area contributed by atoms with E-state index in [0.717, 1.165) is 11.9 Å². The molecule has 0 radical (unpaired) electrons. The topological polar surface area (TPSA) is 90.3 Å². The molecular formula is C24H31F4N9S. The molecule has 5 heterocycles. The first-order valence-electron chi connectivity index (χ1n) is 12.0. The van der Waals surface area contributed by atoms with Gasteiger partial charge in [0.25, 0.3) is 0 Å². The minimum absolute atomic E-state index is 0. The molecule has 206 valence electrons. The maximum atomic E-state index is 13.5. The van der Waals surface area contributed by atoms with Gasteiger partial charge in [0.15, 0.2) is 16.7 Å². The average molecular weight is 554 g/mol. The number of aryl methyl sites for hydroxylation is 1. The summed E-state index contributed by atoms with van der Waals surface area (Å²) in [5, 5.41) is 10.7. The van der Waals surface area contributed by atoms with E-state index in [2.05, 4.69) is 35.3 Å². The zero-order valence-electron chi connectivity index (χ0n) is 21.1. The monoisotopic (exact) mass is 553 g/mol. The number of pyridine rings is 1. The summed E-state index contributed by atoms with van der Waals surface area (Å²) in [6.07, 6.45) is -1.99. The molecule has 4 aromatic rings. The number of aromatic amines is 1. The second-order valence-electron chi connectivity index (χ2n) is 9.73. The van der Waals surface area contributed by atoms with Crippen molar-refractivity contribution in [2.24, 2.45) is 0 Å². The number of alkyl halides is 4. The molecule has 0 amide bonds. The minimum atomic E-state index is -4.52. The SMILES string of the molecule is Cc1cc(Nc2cc(N3CCN(C(C)(C)CF)CC3)nc(Sc3ccc4nc(C(F)(F)F)cn4c3)n2)n[nH]1.[HH].[HH]. The van der Waals surface area contributed by atoms with Crippen LogP contribution in [0, 0.1) is 6.92 Å². The maximum Gasteiger partial charge on any atom is 0.434 e. The van der Waals surface area contributed by atoms with Crippen LogP contribution in [0.3, 0.4) is 0 Å². The van der Waals surface area contributed by atoms with Crippen molar-refractivity contribution < 1.29 is 20.4 Å². The van der Waals surface area contributed by atoms with Gasteiger partial charge in [0.05, 0.1) is 0 Å². The second-order valence-corrected chi connectivity index (χ2v) is 10.8. The van der Waals surface area contributed by atoms with Crippen molar-refractivity contribution in [2.45, 2.75) is 42.5 Å². The molecule has 1 aliphatic heterocycles. The van der Waals surface area contributed by atoms with Gasteiger partial charge in [-0.2, -0.15) is 18.3 Å². The molecule has 1 aliphatic rings. The lowest BCUT2D eigenvalue weighted by Gasteiger charge is -2.43. The largest absolute Gasteiger partial charge is 0.434 e. The summed E-state index contributed by atoms with van der Waals surface area (Å²) in [7, 11) is 0. The van der Waals surface area contributed by atoms with E-state index in [1.165, 1.54) is 22.2 Å². The lowest BCUT2D eigenvalue weighted by atomic mass is 10.0. The normalized spacial score (nSPS) is 15.4. The van der Waals surface area contributed by atoms with Crippen LogP contribution in [0.4, 0.5) is 35.0 Å². The van der Waals surface area contributed by atoms with E-state index in [1.54, 1.807) is 12.3 Å². The van der Waals surface area contributed by atoms with Gasteiger partial charge in [-0.3, -0.25) is 10.00 Å². The summed E-state index contributed by atoms with van der Waals surface area (Å²) in [5.74, 6) is 1.81. The van der Waals surface area contributed by atoms with Crippen molar-refractivity contribution in [3.05, 3.63) is 48.0 Å². The number of H-pyrrole nitrogens is 1. The zero-order valence-corrected chi connectivity index (χ0v) is 21.9. The molecule has 0 aromatic carbocycles. The van der Waals surface area contributed by atoms with Gasteiger partial charge in [0, 0.05) is 69.7 Å². The molecule has 0 unspecified atom stereocenters. The first-order valence-corrected chi connectivity index (χ1v) is 12.8. The Morgan fingerprint density at radius 1 is 1.03 bits per heavy atom. The van der Waals surface area contributed by atoms with E-state index in [-0.39, 0.29) is 8.50 Å². The highest BCUT2D eigenvalue weighted by molar-refractivity contribution is 7.99. The number of halogens is 4. The van der Waals surface area contributed by atoms with Gasteiger partial charge in [-0.05, 0) is 44.7 Å². The van der Waals surface area contributed by atoms with Gasteiger partial charge >= 0.3 is 6.18 Å². The maximum absolute atomic E-state index is 13.5. The van der Waals surface area contributed by atoms with E-state index >= 15 is 0 Å². The molecular weight excluding hydrogens is 522 g/mol. The third-order valence-electron chi connectivity index (χ3n) is 6.36. The van der Waals surface area contributed by atoms with Crippen LogP contribution in [-0.2, 0) is 6.18 Å². The summed E-state index contributed by atoms with van der Waals surface area (Å²) >= 11 is 1.23. The molecule has 0 bridgehead atoms. The number of aromatic nitrogens is 6. The summed E-state index contributed by atoms with van der Waals surface area (Å²) in [6, 6.07) is 6.89. The second kappa shape index (κ2) is 10.1. The summed E-state index contributed by atoms with van der Waals surface area (Å²) in [5.41, 5.74) is -0.397. The third kappa shape index (κ3) is 5.70. The number of rotatable bonds is 7. The molecule has 5 rings (SSSR count). The van der Waals surface area contributed by atoms with Crippen LogP contribution >= 0.6 is 11.8 Å². The predicted molar refractivity (Wildman–Crippen MR) is 141 cm³/mol. The average Bonchev–Trinajstić information content (AvgIpc) is 3.49. The predicted octanol–water partition coefficient (Wildman–Crippen LogP) is 5.43. The molecule has 38 heavy (non-hydrogen) atoms. The van der Waals surface area contributed by atoms with E-state index < -0.39 is 24.1 Å². The molecule has 0 atom stereocenters. The molecule has 0 aliphatic carbocycles. The Labute approximate surface area is 223 Å². The number of anilines is 3. The number of piperazine rings is 1. The molecule has 0 saturated carbocycles. The smallest absolute Gasteiger partial charge is 0.354 e. The first kappa shape index (κ1) is 26.2. The Kier molecular flexibility index (Phi) is 6.94. The summed E-state index contributed by atoms with van der Waals surface area (Å²) < 4.78 is 54.1. The molecule has 9 nitrogen and oxygen atoms in total. The van der Waals surface area contributed by atoms with Crippen molar-refractivity contribution >= 4 is 34.9 Å². The lowest BCUT2D eigenvalue weighted by molar-refractivity contribution is -0.140. The Bertz CT molecular complexity index is 1440. The highest BCUT2D eigenvalue weighted by atomic mass is 32.2. The molecule has 4 aromatic heterocycles. The van der Waals surface area contributed by atoms with E-state index in [9.17, 15) is 17.6 Å². The Morgan fingerprint density at radius 3 is 2.45 bits per heavy atom. The number of hydrogen-bond acceptors (Lipinski definition) is 8. The van der Waals surface area contributed by atoms with E-state index in [1.807, 2.05) is 32.9 Å². The third-order valence-corrected chi connectivity index (χ3v) is 7.21. The molecule has 2 N–H and O–H groups in total. The highest BCUT2D eigenvalue weighted by Gasteiger charge is 2.34. The minimum Gasteiger partial charge on any atom is -0.354 e. The first-order chi connectivity index (χ1) is 18.0. The molecule has 14 heteroatoms. The Balaban J connectivity index is 0.00000220. The van der Waals surface area contributed by atoms with Crippen molar-refractivity contribution in [1.29, 1.82) is 0 Å².